The van der Waals surface area contributed by atoms with Crippen molar-refractivity contribution in [2.24, 2.45) is 0 Å². The molecule has 8 heteroatoms. The molecule has 132 valence electrons. The second kappa shape index (κ2) is 7.68. The molecule has 0 saturated heterocycles. The molecule has 0 saturated carbocycles. The number of benzene rings is 2. The van der Waals surface area contributed by atoms with Crippen LogP contribution in [0.2, 0.25) is 10.0 Å². The maximum absolute atomic E-state index is 12.2. The molecule has 0 aliphatic heterocycles. The highest BCUT2D eigenvalue weighted by atomic mass is 35.5. The van der Waals surface area contributed by atoms with Crippen molar-refractivity contribution in [2.75, 3.05) is 5.32 Å². The molecule has 0 radical (unpaired) electrons. The van der Waals surface area contributed by atoms with E-state index in [-0.39, 0.29) is 10.7 Å². The summed E-state index contributed by atoms with van der Waals surface area (Å²) in [5, 5.41) is 3.08. The number of para-hydroxylation sites is 2. The van der Waals surface area contributed by atoms with Crippen LogP contribution in [0.3, 0.4) is 0 Å². The Balaban J connectivity index is 1.69. The number of hydrogen-bond donors (Lipinski definition) is 1. The molecular formula is C18H13Cl2N3O3. The van der Waals surface area contributed by atoms with E-state index in [4.69, 9.17) is 27.9 Å². The highest BCUT2D eigenvalue weighted by Gasteiger charge is 2.21. The molecule has 3 aromatic rings. The SMILES string of the molecule is CC(OC(=O)c1cnc2ccccc2n1)C(=O)Nc1cccc(Cl)c1Cl. The van der Waals surface area contributed by atoms with Gasteiger partial charge in [-0.1, -0.05) is 41.4 Å². The Bertz CT molecular complexity index is 994. The van der Waals surface area contributed by atoms with Crippen LogP contribution in [0.4, 0.5) is 5.69 Å². The number of halogens is 2. The van der Waals surface area contributed by atoms with Crippen molar-refractivity contribution in [2.45, 2.75) is 13.0 Å². The first-order chi connectivity index (χ1) is 12.5. The molecule has 0 fully saturated rings. The second-order valence-electron chi connectivity index (χ2n) is 5.38. The number of aromatic nitrogens is 2. The fourth-order valence-electron chi connectivity index (χ4n) is 2.16. The summed E-state index contributed by atoms with van der Waals surface area (Å²) < 4.78 is 5.16. The molecule has 1 heterocycles. The van der Waals surface area contributed by atoms with Crippen LogP contribution < -0.4 is 5.32 Å². The van der Waals surface area contributed by atoms with Gasteiger partial charge in [-0.2, -0.15) is 0 Å². The van der Waals surface area contributed by atoms with Crippen LogP contribution in [0.25, 0.3) is 11.0 Å². The van der Waals surface area contributed by atoms with Gasteiger partial charge >= 0.3 is 5.97 Å². The largest absolute Gasteiger partial charge is 0.448 e. The van der Waals surface area contributed by atoms with Crippen LogP contribution in [0.5, 0.6) is 0 Å². The number of nitrogens with zero attached hydrogens (tertiary/aromatic N) is 2. The minimum atomic E-state index is -1.06. The zero-order valence-electron chi connectivity index (χ0n) is 13.6. The predicted octanol–water partition coefficient (Wildman–Crippen LogP) is 4.12. The number of carbonyl (C=O) groups is 2. The van der Waals surface area contributed by atoms with Crippen molar-refractivity contribution in [3.8, 4) is 0 Å². The lowest BCUT2D eigenvalue weighted by molar-refractivity contribution is -0.123. The van der Waals surface area contributed by atoms with Gasteiger partial charge in [-0.05, 0) is 31.2 Å². The number of anilines is 1. The Morgan fingerprint density at radius 1 is 1.08 bits per heavy atom. The summed E-state index contributed by atoms with van der Waals surface area (Å²) in [6.07, 6.45) is 0.245. The molecular weight excluding hydrogens is 377 g/mol. The average Bonchev–Trinajstić information content (AvgIpc) is 2.64. The molecule has 6 nitrogen and oxygen atoms in total. The van der Waals surface area contributed by atoms with Gasteiger partial charge in [0, 0.05) is 0 Å². The number of rotatable bonds is 4. The van der Waals surface area contributed by atoms with Crippen LogP contribution >= 0.6 is 23.2 Å². The average molecular weight is 390 g/mol. The van der Waals surface area contributed by atoms with Crippen LogP contribution in [-0.4, -0.2) is 27.9 Å². The predicted molar refractivity (Wildman–Crippen MR) is 99.5 cm³/mol. The zero-order valence-corrected chi connectivity index (χ0v) is 15.1. The van der Waals surface area contributed by atoms with Crippen LogP contribution in [0.1, 0.15) is 17.4 Å². The molecule has 1 N–H and O–H groups in total. The number of carbonyl (C=O) groups excluding carboxylic acids is 2. The third kappa shape index (κ3) is 3.92. The maximum Gasteiger partial charge on any atom is 0.359 e. The lowest BCUT2D eigenvalue weighted by atomic mass is 10.3. The Hall–Kier alpha value is -2.70. The minimum absolute atomic E-state index is 0.0177. The highest BCUT2D eigenvalue weighted by Crippen LogP contribution is 2.29. The number of fused-ring (bicyclic) bond motifs is 1. The van der Waals surface area contributed by atoms with E-state index >= 15 is 0 Å². The van der Waals surface area contributed by atoms with Gasteiger partial charge in [0.2, 0.25) is 0 Å². The van der Waals surface area contributed by atoms with Gasteiger partial charge in [-0.25, -0.2) is 9.78 Å². The fraction of sp³-hybridized carbons (Fsp3) is 0.111. The summed E-state index contributed by atoms with van der Waals surface area (Å²) in [6, 6.07) is 12.0. The Morgan fingerprint density at radius 2 is 1.81 bits per heavy atom. The normalized spacial score (nSPS) is 11.8. The van der Waals surface area contributed by atoms with E-state index in [1.165, 1.54) is 13.1 Å². The van der Waals surface area contributed by atoms with Gasteiger partial charge in [0.15, 0.2) is 11.8 Å². The molecule has 1 aromatic heterocycles. The van der Waals surface area contributed by atoms with Crippen molar-refractivity contribution in [1.82, 2.24) is 9.97 Å². The molecule has 3 rings (SSSR count). The first-order valence-corrected chi connectivity index (χ1v) is 8.39. The summed E-state index contributed by atoms with van der Waals surface area (Å²) >= 11 is 11.9. The lowest BCUT2D eigenvalue weighted by Gasteiger charge is -2.14. The van der Waals surface area contributed by atoms with Gasteiger partial charge in [-0.3, -0.25) is 9.78 Å². The molecule has 1 amide bonds. The van der Waals surface area contributed by atoms with Gasteiger partial charge < -0.3 is 10.1 Å². The van der Waals surface area contributed by atoms with Crippen molar-refractivity contribution in [3.63, 3.8) is 0 Å². The number of amides is 1. The first-order valence-electron chi connectivity index (χ1n) is 7.63. The van der Waals surface area contributed by atoms with E-state index < -0.39 is 18.0 Å². The van der Waals surface area contributed by atoms with E-state index in [2.05, 4.69) is 15.3 Å². The molecule has 0 aliphatic carbocycles. The van der Waals surface area contributed by atoms with Crippen LogP contribution in [-0.2, 0) is 9.53 Å². The van der Waals surface area contributed by atoms with Gasteiger partial charge in [-0.15, -0.1) is 0 Å². The molecule has 0 spiro atoms. The summed E-state index contributed by atoms with van der Waals surface area (Å²) in [7, 11) is 0. The molecule has 26 heavy (non-hydrogen) atoms. The molecule has 0 aliphatic rings. The van der Waals surface area contributed by atoms with Crippen LogP contribution in [0.15, 0.2) is 48.7 Å². The quantitative estimate of drug-likeness (QED) is 0.678. The third-order valence-electron chi connectivity index (χ3n) is 3.52. The van der Waals surface area contributed by atoms with Crippen molar-refractivity contribution in [1.29, 1.82) is 0 Å². The monoisotopic (exact) mass is 389 g/mol. The van der Waals surface area contributed by atoms with E-state index in [9.17, 15) is 9.59 Å². The number of esters is 1. The Morgan fingerprint density at radius 3 is 2.58 bits per heavy atom. The first kappa shape index (κ1) is 18.1. The summed E-state index contributed by atoms with van der Waals surface area (Å²) in [6.45, 7) is 1.44. The zero-order chi connectivity index (χ0) is 18.7. The Labute approximate surface area is 159 Å². The van der Waals surface area contributed by atoms with Crippen LogP contribution in [0, 0.1) is 0 Å². The number of nitrogens with one attached hydrogen (secondary N) is 1. The van der Waals surface area contributed by atoms with Gasteiger partial charge in [0.25, 0.3) is 5.91 Å². The van der Waals surface area contributed by atoms with E-state index in [1.54, 1.807) is 36.4 Å². The topological polar surface area (TPSA) is 81.2 Å². The van der Waals surface area contributed by atoms with Crippen molar-refractivity contribution in [3.05, 3.63) is 64.4 Å². The number of ether oxygens (including phenoxy) is 1. The van der Waals surface area contributed by atoms with E-state index in [0.717, 1.165) is 0 Å². The maximum atomic E-state index is 12.2. The number of hydrogen-bond acceptors (Lipinski definition) is 5. The fourth-order valence-corrected chi connectivity index (χ4v) is 2.51. The smallest absolute Gasteiger partial charge is 0.359 e. The molecule has 0 bridgehead atoms. The molecule has 2 aromatic carbocycles. The van der Waals surface area contributed by atoms with E-state index in [0.29, 0.717) is 21.7 Å². The highest BCUT2D eigenvalue weighted by molar-refractivity contribution is 6.44. The van der Waals surface area contributed by atoms with Crippen molar-refractivity contribution >= 4 is 51.8 Å². The van der Waals surface area contributed by atoms with Gasteiger partial charge in [0.05, 0.1) is 33.0 Å². The summed E-state index contributed by atoms with van der Waals surface area (Å²) in [5.41, 5.74) is 1.57. The second-order valence-corrected chi connectivity index (χ2v) is 6.17. The molecule has 1 unspecified atom stereocenters. The summed E-state index contributed by atoms with van der Waals surface area (Å²) in [5.74, 6) is -1.29. The third-order valence-corrected chi connectivity index (χ3v) is 4.34. The molecule has 1 atom stereocenters. The minimum Gasteiger partial charge on any atom is -0.448 e. The lowest BCUT2D eigenvalue weighted by Crippen LogP contribution is -2.30. The van der Waals surface area contributed by atoms with Gasteiger partial charge in [0.1, 0.15) is 0 Å². The Kier molecular flexibility index (Phi) is 5.35. The standard InChI is InChI=1S/C18H13Cl2N3O3/c1-10(17(24)23-14-8-4-5-11(19)16(14)20)26-18(25)15-9-21-12-6-2-3-7-13(12)22-15/h2-10H,1H3,(H,23,24). The van der Waals surface area contributed by atoms with E-state index in [1.807, 2.05) is 6.07 Å². The summed E-state index contributed by atoms with van der Waals surface area (Å²) in [4.78, 5) is 32.8. The van der Waals surface area contributed by atoms with Crippen molar-refractivity contribution < 1.29 is 14.3 Å².